The lowest BCUT2D eigenvalue weighted by Crippen LogP contribution is -2.32. The summed E-state index contributed by atoms with van der Waals surface area (Å²) < 4.78 is 0. The minimum atomic E-state index is 0.583. The van der Waals surface area contributed by atoms with E-state index in [2.05, 4.69) is 10.3 Å². The monoisotopic (exact) mass is 339 g/mol. The van der Waals surface area contributed by atoms with E-state index in [4.69, 9.17) is 35.4 Å². The average molecular weight is 340 g/mol. The Kier molecular flexibility index (Phi) is 5.79. The molecule has 0 amide bonds. The molecule has 0 aliphatic heterocycles. The molecule has 1 N–H and O–H groups in total. The Morgan fingerprint density at radius 1 is 1.29 bits per heavy atom. The van der Waals surface area contributed by atoms with Crippen LogP contribution in [0.5, 0.6) is 0 Å². The van der Waals surface area contributed by atoms with Crippen LogP contribution in [0.2, 0.25) is 10.0 Å². The third-order valence-corrected chi connectivity index (χ3v) is 3.92. The number of anilines is 1. The smallest absolute Gasteiger partial charge is 0.173 e. The summed E-state index contributed by atoms with van der Waals surface area (Å²) in [5.74, 6) is 0. The molecule has 2 rings (SSSR count). The van der Waals surface area contributed by atoms with Crippen molar-refractivity contribution in [3.05, 3.63) is 58.3 Å². The van der Waals surface area contributed by atoms with Crippen molar-refractivity contribution >= 4 is 46.2 Å². The lowest BCUT2D eigenvalue weighted by atomic mass is 10.2. The summed E-state index contributed by atoms with van der Waals surface area (Å²) in [7, 11) is 1.93. The molecule has 0 spiro atoms. The van der Waals surface area contributed by atoms with Crippen LogP contribution in [0.3, 0.4) is 0 Å². The number of benzene rings is 1. The minimum Gasteiger partial charge on any atom is -0.352 e. The van der Waals surface area contributed by atoms with Gasteiger partial charge in [-0.15, -0.1) is 0 Å². The van der Waals surface area contributed by atoms with Gasteiger partial charge in [-0.05, 0) is 42.5 Å². The van der Waals surface area contributed by atoms with E-state index in [0.717, 1.165) is 18.7 Å². The van der Waals surface area contributed by atoms with Gasteiger partial charge in [0.1, 0.15) is 0 Å². The van der Waals surface area contributed by atoms with Crippen molar-refractivity contribution in [3.63, 3.8) is 0 Å². The van der Waals surface area contributed by atoms with Gasteiger partial charge in [-0.2, -0.15) is 0 Å². The molecule has 6 heteroatoms. The zero-order valence-corrected chi connectivity index (χ0v) is 13.8. The van der Waals surface area contributed by atoms with Gasteiger partial charge in [0, 0.05) is 36.9 Å². The molecule has 2 aromatic rings. The number of pyridine rings is 1. The van der Waals surface area contributed by atoms with Gasteiger partial charge in [-0.3, -0.25) is 4.98 Å². The van der Waals surface area contributed by atoms with E-state index in [1.165, 1.54) is 0 Å². The van der Waals surface area contributed by atoms with Crippen LogP contribution in [0, 0.1) is 0 Å². The lowest BCUT2D eigenvalue weighted by molar-refractivity contribution is 0.512. The summed E-state index contributed by atoms with van der Waals surface area (Å²) in [6.07, 6.45) is 2.61. The van der Waals surface area contributed by atoms with Gasteiger partial charge in [0.15, 0.2) is 5.11 Å². The Labute approximate surface area is 139 Å². The van der Waals surface area contributed by atoms with Gasteiger partial charge in [-0.25, -0.2) is 0 Å². The van der Waals surface area contributed by atoms with E-state index < -0.39 is 0 Å². The maximum Gasteiger partial charge on any atom is 0.173 e. The van der Waals surface area contributed by atoms with Crippen molar-refractivity contribution in [2.45, 2.75) is 6.42 Å². The first-order valence-corrected chi connectivity index (χ1v) is 7.60. The van der Waals surface area contributed by atoms with E-state index in [-0.39, 0.29) is 0 Å². The van der Waals surface area contributed by atoms with Gasteiger partial charge in [0.05, 0.1) is 10.7 Å². The number of nitrogens with one attached hydrogen (secondary N) is 1. The Morgan fingerprint density at radius 2 is 2.10 bits per heavy atom. The van der Waals surface area contributed by atoms with Crippen molar-refractivity contribution in [1.29, 1.82) is 0 Å². The molecule has 110 valence electrons. The maximum atomic E-state index is 6.11. The third-order valence-electron chi connectivity index (χ3n) is 2.95. The highest BCUT2D eigenvalue weighted by atomic mass is 35.5. The van der Waals surface area contributed by atoms with Crippen LogP contribution in [0.4, 0.5) is 5.69 Å². The fraction of sp³-hybridized carbons (Fsp3) is 0.200. The van der Waals surface area contributed by atoms with E-state index in [0.29, 0.717) is 20.8 Å². The summed E-state index contributed by atoms with van der Waals surface area (Å²) in [5, 5.41) is 4.90. The molecule has 0 fully saturated rings. The van der Waals surface area contributed by atoms with Crippen molar-refractivity contribution in [2.24, 2.45) is 0 Å². The molecule has 0 bridgehead atoms. The molecule has 0 aliphatic rings. The van der Waals surface area contributed by atoms with Gasteiger partial charge >= 0.3 is 0 Å². The highest BCUT2D eigenvalue weighted by Gasteiger charge is 2.08. The predicted octanol–water partition coefficient (Wildman–Crippen LogP) is 4.26. The largest absolute Gasteiger partial charge is 0.352 e. The second-order valence-electron chi connectivity index (χ2n) is 4.55. The summed E-state index contributed by atoms with van der Waals surface area (Å²) >= 11 is 17.4. The summed E-state index contributed by atoms with van der Waals surface area (Å²) in [6, 6.07) is 11.1. The number of likely N-dealkylation sites (N-methyl/N-ethyl adjacent to an activating group) is 1. The Bertz CT molecular complexity index is 620. The third kappa shape index (κ3) is 4.84. The normalized spacial score (nSPS) is 10.2. The maximum absolute atomic E-state index is 6.11. The van der Waals surface area contributed by atoms with E-state index >= 15 is 0 Å². The fourth-order valence-electron chi connectivity index (χ4n) is 1.73. The molecule has 0 atom stereocenters. The quantitative estimate of drug-likeness (QED) is 0.842. The van der Waals surface area contributed by atoms with E-state index in [1.54, 1.807) is 24.4 Å². The zero-order chi connectivity index (χ0) is 15.2. The number of nitrogens with zero attached hydrogens (tertiary/aromatic N) is 2. The molecule has 0 saturated carbocycles. The number of thiocarbonyl (C=S) groups is 1. The zero-order valence-electron chi connectivity index (χ0n) is 11.5. The fourth-order valence-corrected chi connectivity index (χ4v) is 2.27. The van der Waals surface area contributed by atoms with Crippen LogP contribution in [0.15, 0.2) is 42.6 Å². The summed E-state index contributed by atoms with van der Waals surface area (Å²) in [4.78, 5) is 6.24. The number of hydrogen-bond donors (Lipinski definition) is 1. The molecule has 3 nitrogen and oxygen atoms in total. The van der Waals surface area contributed by atoms with Crippen LogP contribution in [-0.4, -0.2) is 28.6 Å². The standard InChI is InChI=1S/C15H15Cl2N3S/c1-20(9-7-12-4-2-3-8-18-12)15(21)19-14-10-11(16)5-6-13(14)17/h2-6,8,10H,7,9H2,1H3,(H,19,21). The van der Waals surface area contributed by atoms with Gasteiger partial charge in [0.2, 0.25) is 0 Å². The van der Waals surface area contributed by atoms with Gasteiger partial charge < -0.3 is 10.2 Å². The van der Waals surface area contributed by atoms with E-state index in [9.17, 15) is 0 Å². The topological polar surface area (TPSA) is 28.2 Å². The molecule has 1 heterocycles. The molecule has 1 aromatic carbocycles. The lowest BCUT2D eigenvalue weighted by Gasteiger charge is -2.21. The van der Waals surface area contributed by atoms with Crippen LogP contribution in [0.1, 0.15) is 5.69 Å². The second-order valence-corrected chi connectivity index (χ2v) is 5.78. The molecule has 0 saturated heterocycles. The van der Waals surface area contributed by atoms with Crippen LogP contribution in [0.25, 0.3) is 0 Å². The molecule has 0 radical (unpaired) electrons. The van der Waals surface area contributed by atoms with Crippen molar-refractivity contribution in [2.75, 3.05) is 18.9 Å². The number of halogens is 2. The number of aromatic nitrogens is 1. The molecular formula is C15H15Cl2N3S. The SMILES string of the molecule is CN(CCc1ccccn1)C(=S)Nc1cc(Cl)ccc1Cl. The van der Waals surface area contributed by atoms with Crippen LogP contribution >= 0.6 is 35.4 Å². The Morgan fingerprint density at radius 3 is 2.81 bits per heavy atom. The first-order valence-electron chi connectivity index (χ1n) is 6.43. The average Bonchev–Trinajstić information content (AvgIpc) is 2.49. The first-order chi connectivity index (χ1) is 10.1. The molecule has 0 aliphatic carbocycles. The van der Waals surface area contributed by atoms with Gasteiger partial charge in [-0.1, -0.05) is 29.3 Å². The predicted molar refractivity (Wildman–Crippen MR) is 93.3 cm³/mol. The summed E-state index contributed by atoms with van der Waals surface area (Å²) in [6.45, 7) is 0.765. The molecule has 1 aromatic heterocycles. The van der Waals surface area contributed by atoms with E-state index in [1.807, 2.05) is 30.1 Å². The van der Waals surface area contributed by atoms with Crippen molar-refractivity contribution in [1.82, 2.24) is 9.88 Å². The number of rotatable bonds is 4. The number of hydrogen-bond acceptors (Lipinski definition) is 2. The van der Waals surface area contributed by atoms with Crippen molar-refractivity contribution < 1.29 is 0 Å². The minimum absolute atomic E-state index is 0.583. The summed E-state index contributed by atoms with van der Waals surface area (Å²) in [5.41, 5.74) is 1.74. The van der Waals surface area contributed by atoms with Crippen LogP contribution in [-0.2, 0) is 6.42 Å². The highest BCUT2D eigenvalue weighted by molar-refractivity contribution is 7.80. The van der Waals surface area contributed by atoms with Gasteiger partial charge in [0.25, 0.3) is 0 Å². The Balaban J connectivity index is 1.92. The molecular weight excluding hydrogens is 325 g/mol. The first kappa shape index (κ1) is 16.0. The van der Waals surface area contributed by atoms with Crippen LogP contribution < -0.4 is 5.32 Å². The van der Waals surface area contributed by atoms with Crippen molar-refractivity contribution in [3.8, 4) is 0 Å². The Hall–Kier alpha value is -1.36. The highest BCUT2D eigenvalue weighted by Crippen LogP contribution is 2.25. The molecule has 21 heavy (non-hydrogen) atoms. The molecule has 0 unspecified atom stereocenters. The second kappa shape index (κ2) is 7.59.